The van der Waals surface area contributed by atoms with Crippen LogP contribution in [0.4, 0.5) is 5.82 Å². The lowest BCUT2D eigenvalue weighted by Crippen LogP contribution is -2.03. The zero-order chi connectivity index (χ0) is 11.5. The van der Waals surface area contributed by atoms with Gasteiger partial charge in [-0.05, 0) is 57.6 Å². The van der Waals surface area contributed by atoms with Crippen molar-refractivity contribution in [1.82, 2.24) is 9.97 Å². The normalized spacial score (nSPS) is 10.4. The molecule has 0 amide bonds. The quantitative estimate of drug-likeness (QED) is 0.810. The van der Waals surface area contributed by atoms with E-state index in [-0.39, 0.29) is 0 Å². The van der Waals surface area contributed by atoms with Crippen molar-refractivity contribution in [3.05, 3.63) is 26.6 Å². The molecule has 0 radical (unpaired) electrons. The second kappa shape index (κ2) is 5.13. The number of hydrogen-bond donors (Lipinski definition) is 1. The molecular formula is C10H9BrIN3O. The minimum atomic E-state index is 0.585. The molecule has 0 bridgehead atoms. The maximum absolute atomic E-state index is 5.40. The molecule has 0 aromatic carbocycles. The Kier molecular flexibility index (Phi) is 3.80. The van der Waals surface area contributed by atoms with Gasteiger partial charge in [-0.2, -0.15) is 0 Å². The largest absolute Gasteiger partial charge is 0.446 e. The summed E-state index contributed by atoms with van der Waals surface area (Å²) >= 11 is 5.45. The molecule has 6 heteroatoms. The highest BCUT2D eigenvalue weighted by molar-refractivity contribution is 14.1. The molecule has 0 unspecified atom stereocenters. The van der Waals surface area contributed by atoms with E-state index in [4.69, 9.17) is 4.42 Å². The summed E-state index contributed by atoms with van der Waals surface area (Å²) in [4.78, 5) is 8.63. The van der Waals surface area contributed by atoms with Gasteiger partial charge in [0.1, 0.15) is 5.82 Å². The molecule has 0 aliphatic heterocycles. The van der Waals surface area contributed by atoms with Gasteiger partial charge in [0.15, 0.2) is 16.3 Å². The van der Waals surface area contributed by atoms with E-state index < -0.39 is 0 Å². The van der Waals surface area contributed by atoms with Gasteiger partial charge in [0.2, 0.25) is 0 Å². The molecule has 0 spiro atoms. The molecule has 2 heterocycles. The minimum absolute atomic E-state index is 0.585. The van der Waals surface area contributed by atoms with E-state index in [0.29, 0.717) is 16.3 Å². The number of nitrogens with zero attached hydrogens (tertiary/aromatic N) is 2. The summed E-state index contributed by atoms with van der Waals surface area (Å²) in [6.45, 7) is 2.86. The van der Waals surface area contributed by atoms with E-state index in [2.05, 4.69) is 53.8 Å². The van der Waals surface area contributed by atoms with Crippen LogP contribution in [-0.4, -0.2) is 16.5 Å². The highest BCUT2D eigenvalue weighted by atomic mass is 127. The fourth-order valence-corrected chi connectivity index (χ4v) is 1.97. The number of aromatic nitrogens is 2. The Balaban J connectivity index is 2.39. The van der Waals surface area contributed by atoms with Crippen LogP contribution in [0.5, 0.6) is 0 Å². The van der Waals surface area contributed by atoms with E-state index in [1.165, 1.54) is 0 Å². The summed E-state index contributed by atoms with van der Waals surface area (Å²) in [7, 11) is 0. The summed E-state index contributed by atoms with van der Waals surface area (Å²) < 4.78 is 7.07. The van der Waals surface area contributed by atoms with Crippen molar-refractivity contribution in [1.29, 1.82) is 0 Å². The topological polar surface area (TPSA) is 51.0 Å². The number of furan rings is 1. The van der Waals surface area contributed by atoms with Gasteiger partial charge in [-0.15, -0.1) is 0 Å². The lowest BCUT2D eigenvalue weighted by Gasteiger charge is -2.05. The number of nitrogens with one attached hydrogen (secondary N) is 1. The van der Waals surface area contributed by atoms with Gasteiger partial charge in [-0.25, -0.2) is 9.97 Å². The summed E-state index contributed by atoms with van der Waals surface area (Å²) in [5.41, 5.74) is 0. The Morgan fingerprint density at radius 1 is 1.50 bits per heavy atom. The minimum Gasteiger partial charge on any atom is -0.446 e. The molecule has 1 N–H and O–H groups in total. The SMILES string of the molecule is CCNc1nc(-c2ccc(Br)o2)ncc1I. The fourth-order valence-electron chi connectivity index (χ4n) is 1.21. The smallest absolute Gasteiger partial charge is 0.197 e. The maximum Gasteiger partial charge on any atom is 0.197 e. The standard InChI is InChI=1S/C10H9BrIN3O/c1-2-13-9-6(12)5-14-10(15-9)7-3-4-8(11)16-7/h3-5H,2H2,1H3,(H,13,14,15). The molecule has 84 valence electrons. The second-order valence-corrected chi connectivity index (χ2v) is 4.97. The van der Waals surface area contributed by atoms with E-state index in [1.54, 1.807) is 6.20 Å². The molecule has 16 heavy (non-hydrogen) atoms. The van der Waals surface area contributed by atoms with Crippen LogP contribution in [0.25, 0.3) is 11.6 Å². The van der Waals surface area contributed by atoms with Gasteiger partial charge >= 0.3 is 0 Å². The van der Waals surface area contributed by atoms with Gasteiger partial charge in [0.25, 0.3) is 0 Å². The summed E-state index contributed by atoms with van der Waals surface area (Å²) in [5, 5.41) is 3.18. The first-order chi connectivity index (χ1) is 7.70. The molecule has 2 aromatic heterocycles. The first-order valence-electron chi connectivity index (χ1n) is 4.73. The van der Waals surface area contributed by atoms with Crippen LogP contribution >= 0.6 is 38.5 Å². The van der Waals surface area contributed by atoms with E-state index in [9.17, 15) is 0 Å². The monoisotopic (exact) mass is 393 g/mol. The van der Waals surface area contributed by atoms with E-state index >= 15 is 0 Å². The molecule has 2 aromatic rings. The molecule has 4 nitrogen and oxygen atoms in total. The summed E-state index contributed by atoms with van der Waals surface area (Å²) in [6, 6.07) is 3.66. The van der Waals surface area contributed by atoms with Crippen molar-refractivity contribution in [2.45, 2.75) is 6.92 Å². The Morgan fingerprint density at radius 2 is 2.31 bits per heavy atom. The fraction of sp³-hybridized carbons (Fsp3) is 0.200. The number of anilines is 1. The molecule has 0 saturated heterocycles. The molecule has 0 aliphatic rings. The van der Waals surface area contributed by atoms with E-state index in [1.807, 2.05) is 19.1 Å². The van der Waals surface area contributed by atoms with Crippen LogP contribution in [0.2, 0.25) is 0 Å². The Hall–Kier alpha value is -0.630. The number of halogens is 2. The molecule has 0 saturated carbocycles. The van der Waals surface area contributed by atoms with Crippen LogP contribution in [0.1, 0.15) is 6.92 Å². The van der Waals surface area contributed by atoms with Crippen molar-refractivity contribution in [2.24, 2.45) is 0 Å². The zero-order valence-corrected chi connectivity index (χ0v) is 12.2. The van der Waals surface area contributed by atoms with Crippen molar-refractivity contribution in [2.75, 3.05) is 11.9 Å². The second-order valence-electron chi connectivity index (χ2n) is 3.02. The van der Waals surface area contributed by atoms with Crippen molar-refractivity contribution >= 4 is 44.3 Å². The van der Waals surface area contributed by atoms with E-state index in [0.717, 1.165) is 15.9 Å². The van der Waals surface area contributed by atoms with Gasteiger partial charge in [-0.1, -0.05) is 0 Å². The summed E-state index contributed by atoms with van der Waals surface area (Å²) in [6.07, 6.45) is 1.78. The first-order valence-corrected chi connectivity index (χ1v) is 6.60. The lowest BCUT2D eigenvalue weighted by molar-refractivity contribution is 0.551. The molecular weight excluding hydrogens is 385 g/mol. The van der Waals surface area contributed by atoms with Gasteiger partial charge < -0.3 is 9.73 Å². The summed E-state index contributed by atoms with van der Waals surface area (Å²) in [5.74, 6) is 2.07. The van der Waals surface area contributed by atoms with Crippen LogP contribution in [0.3, 0.4) is 0 Å². The van der Waals surface area contributed by atoms with Crippen LogP contribution < -0.4 is 5.32 Å². The van der Waals surface area contributed by atoms with Gasteiger partial charge in [0, 0.05) is 12.7 Å². The van der Waals surface area contributed by atoms with Gasteiger partial charge in [0.05, 0.1) is 3.57 Å². The number of rotatable bonds is 3. The van der Waals surface area contributed by atoms with Crippen LogP contribution in [0.15, 0.2) is 27.4 Å². The predicted octanol–water partition coefficient (Wildman–Crippen LogP) is 3.54. The third-order valence-electron chi connectivity index (χ3n) is 1.88. The first kappa shape index (κ1) is 11.8. The number of hydrogen-bond acceptors (Lipinski definition) is 4. The Bertz CT molecular complexity index is 501. The third-order valence-corrected chi connectivity index (χ3v) is 3.10. The molecule has 2 rings (SSSR count). The average Bonchev–Trinajstić information content (AvgIpc) is 2.69. The molecule has 0 fully saturated rings. The highest BCUT2D eigenvalue weighted by Crippen LogP contribution is 2.24. The van der Waals surface area contributed by atoms with Crippen LogP contribution in [0, 0.1) is 3.57 Å². The Labute approximate surface area is 115 Å². The maximum atomic E-state index is 5.40. The predicted molar refractivity (Wildman–Crippen MR) is 74.3 cm³/mol. The molecule has 0 atom stereocenters. The van der Waals surface area contributed by atoms with Crippen molar-refractivity contribution in [3.63, 3.8) is 0 Å². The third kappa shape index (κ3) is 2.54. The molecule has 0 aliphatic carbocycles. The van der Waals surface area contributed by atoms with Gasteiger partial charge in [-0.3, -0.25) is 0 Å². The highest BCUT2D eigenvalue weighted by Gasteiger charge is 2.09. The zero-order valence-electron chi connectivity index (χ0n) is 8.50. The van der Waals surface area contributed by atoms with Crippen molar-refractivity contribution < 1.29 is 4.42 Å². The van der Waals surface area contributed by atoms with Crippen LogP contribution in [-0.2, 0) is 0 Å². The lowest BCUT2D eigenvalue weighted by atomic mass is 10.4. The Morgan fingerprint density at radius 3 is 2.94 bits per heavy atom. The van der Waals surface area contributed by atoms with Crippen molar-refractivity contribution in [3.8, 4) is 11.6 Å². The average molecular weight is 394 g/mol.